The van der Waals surface area contributed by atoms with Crippen LogP contribution in [0.15, 0.2) is 30.5 Å². The van der Waals surface area contributed by atoms with Crippen LogP contribution in [0.5, 0.6) is 0 Å². The minimum Gasteiger partial charge on any atom is -0.296 e. The minimum absolute atomic E-state index is 0.580. The molecule has 0 aliphatic heterocycles. The standard InChI is InChI=1S/C11H9ClN2O/c1-8-2-4-10(7-15)14(8)11-5-3-9(12)6-13-11/h2-7H,1H3. The molecule has 0 amide bonds. The van der Waals surface area contributed by atoms with Gasteiger partial charge >= 0.3 is 0 Å². The molecule has 2 rings (SSSR count). The van der Waals surface area contributed by atoms with Crippen LogP contribution in [0, 0.1) is 6.92 Å². The van der Waals surface area contributed by atoms with E-state index in [9.17, 15) is 4.79 Å². The molecule has 4 heteroatoms. The summed E-state index contributed by atoms with van der Waals surface area (Å²) >= 11 is 5.75. The van der Waals surface area contributed by atoms with Gasteiger partial charge in [-0.25, -0.2) is 4.98 Å². The fraction of sp³-hybridized carbons (Fsp3) is 0.0909. The number of aromatic nitrogens is 2. The van der Waals surface area contributed by atoms with Crippen LogP contribution in [-0.2, 0) is 0 Å². The van der Waals surface area contributed by atoms with Crippen LogP contribution in [0.25, 0.3) is 5.82 Å². The highest BCUT2D eigenvalue weighted by Crippen LogP contribution is 2.15. The van der Waals surface area contributed by atoms with Gasteiger partial charge in [0.25, 0.3) is 0 Å². The van der Waals surface area contributed by atoms with E-state index >= 15 is 0 Å². The van der Waals surface area contributed by atoms with Gasteiger partial charge in [-0.15, -0.1) is 0 Å². The van der Waals surface area contributed by atoms with Gasteiger partial charge in [-0.1, -0.05) is 11.6 Å². The van der Waals surface area contributed by atoms with Crippen molar-refractivity contribution in [2.75, 3.05) is 0 Å². The highest BCUT2D eigenvalue weighted by molar-refractivity contribution is 6.30. The van der Waals surface area contributed by atoms with E-state index in [4.69, 9.17) is 11.6 Å². The number of hydrogen-bond donors (Lipinski definition) is 0. The lowest BCUT2D eigenvalue weighted by Crippen LogP contribution is -2.02. The van der Waals surface area contributed by atoms with E-state index in [0.29, 0.717) is 16.5 Å². The van der Waals surface area contributed by atoms with E-state index in [1.165, 1.54) is 0 Å². The summed E-state index contributed by atoms with van der Waals surface area (Å²) in [6, 6.07) is 7.17. The SMILES string of the molecule is Cc1ccc(C=O)n1-c1ccc(Cl)cn1. The summed E-state index contributed by atoms with van der Waals surface area (Å²) in [5, 5.41) is 0.580. The third-order valence-electron chi connectivity index (χ3n) is 2.17. The van der Waals surface area contributed by atoms with Gasteiger partial charge in [-0.05, 0) is 31.2 Å². The molecule has 0 atom stereocenters. The maximum atomic E-state index is 10.8. The van der Waals surface area contributed by atoms with Crippen LogP contribution in [0.2, 0.25) is 5.02 Å². The molecule has 0 bridgehead atoms. The summed E-state index contributed by atoms with van der Waals surface area (Å²) in [5.41, 5.74) is 1.55. The molecule has 76 valence electrons. The van der Waals surface area contributed by atoms with Gasteiger partial charge in [0, 0.05) is 11.9 Å². The topological polar surface area (TPSA) is 34.9 Å². The van der Waals surface area contributed by atoms with Crippen molar-refractivity contribution in [2.24, 2.45) is 0 Å². The highest BCUT2D eigenvalue weighted by Gasteiger charge is 2.06. The molecule has 0 aliphatic rings. The second-order valence-corrected chi connectivity index (χ2v) is 3.62. The van der Waals surface area contributed by atoms with Crippen LogP contribution in [0.1, 0.15) is 16.2 Å². The summed E-state index contributed by atoms with van der Waals surface area (Å²) in [5.74, 6) is 0.698. The molecule has 0 aliphatic carbocycles. The molecule has 0 N–H and O–H groups in total. The molecule has 0 unspecified atom stereocenters. The van der Waals surface area contributed by atoms with Crippen molar-refractivity contribution in [3.05, 3.63) is 46.9 Å². The fourth-order valence-electron chi connectivity index (χ4n) is 1.46. The number of aldehydes is 1. The fourth-order valence-corrected chi connectivity index (χ4v) is 1.58. The van der Waals surface area contributed by atoms with E-state index in [-0.39, 0.29) is 0 Å². The Kier molecular flexibility index (Phi) is 2.56. The molecular formula is C11H9ClN2O. The van der Waals surface area contributed by atoms with Gasteiger partial charge in [-0.2, -0.15) is 0 Å². The van der Waals surface area contributed by atoms with Crippen molar-refractivity contribution in [3.63, 3.8) is 0 Å². The van der Waals surface area contributed by atoms with Crippen molar-refractivity contribution < 1.29 is 4.79 Å². The monoisotopic (exact) mass is 220 g/mol. The van der Waals surface area contributed by atoms with Crippen molar-refractivity contribution in [1.82, 2.24) is 9.55 Å². The van der Waals surface area contributed by atoms with Gasteiger partial charge in [0.2, 0.25) is 0 Å². The summed E-state index contributed by atoms with van der Waals surface area (Å²) in [4.78, 5) is 15.0. The Morgan fingerprint density at radius 2 is 2.13 bits per heavy atom. The molecule has 0 fully saturated rings. The number of aryl methyl sites for hydroxylation is 1. The first-order valence-corrected chi connectivity index (χ1v) is 4.85. The molecule has 0 radical (unpaired) electrons. The van der Waals surface area contributed by atoms with Crippen molar-refractivity contribution in [2.45, 2.75) is 6.92 Å². The maximum Gasteiger partial charge on any atom is 0.166 e. The largest absolute Gasteiger partial charge is 0.296 e. The lowest BCUT2D eigenvalue weighted by atomic mass is 10.4. The van der Waals surface area contributed by atoms with E-state index in [2.05, 4.69) is 4.98 Å². The molecule has 15 heavy (non-hydrogen) atoms. The number of hydrogen-bond acceptors (Lipinski definition) is 2. The molecule has 0 saturated heterocycles. The molecule has 0 saturated carbocycles. The number of carbonyl (C=O) groups is 1. The van der Waals surface area contributed by atoms with Gasteiger partial charge < -0.3 is 0 Å². The Bertz CT molecular complexity index is 488. The van der Waals surface area contributed by atoms with E-state index in [1.807, 2.05) is 13.0 Å². The third kappa shape index (κ3) is 1.78. The molecule has 0 spiro atoms. The first-order chi connectivity index (χ1) is 7.22. The Morgan fingerprint density at radius 1 is 1.33 bits per heavy atom. The second kappa shape index (κ2) is 3.87. The summed E-state index contributed by atoms with van der Waals surface area (Å²) in [7, 11) is 0. The average molecular weight is 221 g/mol. The lowest BCUT2D eigenvalue weighted by molar-refractivity contribution is 0.111. The Balaban J connectivity index is 2.57. The summed E-state index contributed by atoms with van der Waals surface area (Å²) in [6.07, 6.45) is 2.37. The lowest BCUT2D eigenvalue weighted by Gasteiger charge is -2.06. The third-order valence-corrected chi connectivity index (χ3v) is 2.39. The first-order valence-electron chi connectivity index (χ1n) is 4.48. The van der Waals surface area contributed by atoms with Crippen LogP contribution < -0.4 is 0 Å². The van der Waals surface area contributed by atoms with Gasteiger partial charge in [0.05, 0.1) is 10.7 Å². The summed E-state index contributed by atoms with van der Waals surface area (Å²) in [6.45, 7) is 1.92. The van der Waals surface area contributed by atoms with Crippen LogP contribution in [0.3, 0.4) is 0 Å². The quantitative estimate of drug-likeness (QED) is 0.730. The zero-order valence-corrected chi connectivity index (χ0v) is 8.90. The second-order valence-electron chi connectivity index (χ2n) is 3.19. The van der Waals surface area contributed by atoms with E-state index < -0.39 is 0 Å². The Labute approximate surface area is 92.3 Å². The number of carbonyl (C=O) groups excluding carboxylic acids is 1. The van der Waals surface area contributed by atoms with Crippen LogP contribution in [-0.4, -0.2) is 15.8 Å². The highest BCUT2D eigenvalue weighted by atomic mass is 35.5. The number of pyridine rings is 1. The van der Waals surface area contributed by atoms with Crippen molar-refractivity contribution >= 4 is 17.9 Å². The molecule has 0 aromatic carbocycles. The smallest absolute Gasteiger partial charge is 0.166 e. The molecule has 3 nitrogen and oxygen atoms in total. The summed E-state index contributed by atoms with van der Waals surface area (Å²) < 4.78 is 1.78. The maximum absolute atomic E-state index is 10.8. The predicted molar refractivity (Wildman–Crippen MR) is 58.7 cm³/mol. The predicted octanol–water partition coefficient (Wildman–Crippen LogP) is 2.65. The molecule has 2 heterocycles. The van der Waals surface area contributed by atoms with Crippen LogP contribution >= 0.6 is 11.6 Å². The Hall–Kier alpha value is -1.61. The number of halogens is 1. The van der Waals surface area contributed by atoms with Gasteiger partial charge in [0.15, 0.2) is 6.29 Å². The van der Waals surface area contributed by atoms with E-state index in [0.717, 1.165) is 12.0 Å². The molecule has 2 aromatic heterocycles. The van der Waals surface area contributed by atoms with Crippen molar-refractivity contribution in [3.8, 4) is 5.82 Å². The first kappa shape index (κ1) is 9.93. The Morgan fingerprint density at radius 3 is 2.73 bits per heavy atom. The van der Waals surface area contributed by atoms with Gasteiger partial charge in [0.1, 0.15) is 5.82 Å². The minimum atomic E-state index is 0.580. The number of rotatable bonds is 2. The zero-order valence-electron chi connectivity index (χ0n) is 8.14. The zero-order chi connectivity index (χ0) is 10.8. The normalized spacial score (nSPS) is 10.3. The van der Waals surface area contributed by atoms with Gasteiger partial charge in [-0.3, -0.25) is 9.36 Å². The average Bonchev–Trinajstić information content (AvgIpc) is 2.61. The van der Waals surface area contributed by atoms with Crippen molar-refractivity contribution in [1.29, 1.82) is 0 Å². The number of nitrogens with zero attached hydrogens (tertiary/aromatic N) is 2. The van der Waals surface area contributed by atoms with E-state index in [1.54, 1.807) is 29.0 Å². The molecular weight excluding hydrogens is 212 g/mol. The van der Waals surface area contributed by atoms with Crippen LogP contribution in [0.4, 0.5) is 0 Å². The molecule has 2 aromatic rings.